The predicted octanol–water partition coefficient (Wildman–Crippen LogP) is 8.23. The van der Waals surface area contributed by atoms with Crippen molar-refractivity contribution in [3.8, 4) is 11.5 Å². The predicted molar refractivity (Wildman–Crippen MR) is 159 cm³/mol. The fraction of sp³-hybridized carbons (Fsp3) is 0.276. The Morgan fingerprint density at radius 1 is 1.13 bits per heavy atom. The summed E-state index contributed by atoms with van der Waals surface area (Å²) in [6, 6.07) is 13.3. The zero-order valence-corrected chi connectivity index (χ0v) is 25.0. The van der Waals surface area contributed by atoms with Crippen LogP contribution >= 0.6 is 43.5 Å². The lowest BCUT2D eigenvalue weighted by molar-refractivity contribution is 0.284. The number of ether oxygens (including phenoxy) is 2. The highest BCUT2D eigenvalue weighted by atomic mass is 79.9. The molecule has 0 atom stereocenters. The van der Waals surface area contributed by atoms with Crippen molar-refractivity contribution in [1.82, 2.24) is 9.66 Å². The van der Waals surface area contributed by atoms with E-state index in [1.54, 1.807) is 30.5 Å². The van der Waals surface area contributed by atoms with Gasteiger partial charge in [0, 0.05) is 20.4 Å². The highest BCUT2D eigenvalue weighted by molar-refractivity contribution is 9.10. The van der Waals surface area contributed by atoms with Gasteiger partial charge in [-0.1, -0.05) is 58.9 Å². The van der Waals surface area contributed by atoms with Gasteiger partial charge in [-0.3, -0.25) is 4.79 Å². The first-order chi connectivity index (χ1) is 18.9. The second-order valence-corrected chi connectivity index (χ2v) is 11.5. The van der Waals surface area contributed by atoms with Crippen LogP contribution in [0.15, 0.2) is 67.4 Å². The van der Waals surface area contributed by atoms with Crippen molar-refractivity contribution in [3.05, 3.63) is 95.6 Å². The Kier molecular flexibility index (Phi) is 8.69. The molecule has 39 heavy (non-hydrogen) atoms. The van der Waals surface area contributed by atoms with Crippen molar-refractivity contribution >= 4 is 60.6 Å². The first-order valence-electron chi connectivity index (χ1n) is 12.6. The van der Waals surface area contributed by atoms with Crippen LogP contribution in [-0.4, -0.2) is 23.0 Å². The molecule has 5 rings (SSSR count). The Morgan fingerprint density at radius 2 is 1.87 bits per heavy atom. The average molecular weight is 678 g/mol. The van der Waals surface area contributed by atoms with E-state index >= 15 is 0 Å². The molecule has 3 aromatic carbocycles. The van der Waals surface area contributed by atoms with E-state index < -0.39 is 0 Å². The maximum Gasteiger partial charge on any atom is 0.282 e. The van der Waals surface area contributed by atoms with Gasteiger partial charge in [0.25, 0.3) is 5.56 Å². The largest absolute Gasteiger partial charge is 0.493 e. The average Bonchev–Trinajstić information content (AvgIpc) is 2.95. The summed E-state index contributed by atoms with van der Waals surface area (Å²) in [5, 5.41) is 5.40. The number of fused-ring (bicyclic) bond motifs is 1. The van der Waals surface area contributed by atoms with Gasteiger partial charge in [-0.2, -0.15) is 9.78 Å². The minimum Gasteiger partial charge on any atom is -0.493 e. The lowest BCUT2D eigenvalue weighted by Gasteiger charge is -2.22. The third-order valence-corrected chi connectivity index (χ3v) is 8.72. The number of halogens is 4. The van der Waals surface area contributed by atoms with Crippen LogP contribution in [-0.2, 0) is 6.61 Å². The van der Waals surface area contributed by atoms with E-state index in [2.05, 4.69) is 37.0 Å². The smallest absolute Gasteiger partial charge is 0.282 e. The van der Waals surface area contributed by atoms with E-state index in [1.807, 2.05) is 12.1 Å². The van der Waals surface area contributed by atoms with E-state index in [4.69, 9.17) is 26.1 Å². The molecule has 1 aliphatic rings. The fourth-order valence-electron chi connectivity index (χ4n) is 4.74. The van der Waals surface area contributed by atoms with Gasteiger partial charge in [0.1, 0.15) is 23.3 Å². The molecule has 6 nitrogen and oxygen atoms in total. The van der Waals surface area contributed by atoms with Crippen LogP contribution in [0.1, 0.15) is 55.0 Å². The topological polar surface area (TPSA) is 65.7 Å². The first kappa shape index (κ1) is 27.8. The summed E-state index contributed by atoms with van der Waals surface area (Å²) in [6.45, 7) is 0.175. The molecule has 4 aromatic rings. The van der Waals surface area contributed by atoms with Crippen molar-refractivity contribution in [2.75, 3.05) is 7.11 Å². The summed E-state index contributed by atoms with van der Waals surface area (Å²) < 4.78 is 27.5. The van der Waals surface area contributed by atoms with Gasteiger partial charge < -0.3 is 9.47 Å². The highest BCUT2D eigenvalue weighted by Gasteiger charge is 2.23. The van der Waals surface area contributed by atoms with E-state index in [1.165, 1.54) is 30.3 Å². The Bertz CT molecular complexity index is 1600. The molecule has 0 spiro atoms. The highest BCUT2D eigenvalue weighted by Crippen LogP contribution is 2.42. The molecule has 0 amide bonds. The summed E-state index contributed by atoms with van der Waals surface area (Å²) in [7, 11) is 1.52. The first-order valence-corrected chi connectivity index (χ1v) is 14.5. The number of rotatable bonds is 7. The van der Waals surface area contributed by atoms with Crippen LogP contribution in [0, 0.1) is 5.82 Å². The summed E-state index contributed by atoms with van der Waals surface area (Å²) in [6.07, 6.45) is 6.88. The molecule has 1 saturated carbocycles. The van der Waals surface area contributed by atoms with Gasteiger partial charge in [-0.25, -0.2) is 9.37 Å². The van der Waals surface area contributed by atoms with Crippen molar-refractivity contribution in [2.45, 2.75) is 44.6 Å². The molecule has 10 heteroatoms. The standard InChI is InChI=1S/C29H25Br2ClFN3O3/c1-38-24-13-19(25(31)26(32)27(24)39-16-17-7-10-21(33)11-8-17)15-34-36-28(18-5-3-2-4-6-18)35-23-12-9-20(30)14-22(23)29(36)37/h7-15,18H,2-6,16H2,1H3. The molecule has 202 valence electrons. The molecular formula is C29H25Br2ClFN3O3. The number of methoxy groups -OCH3 is 1. The molecule has 0 unspecified atom stereocenters. The zero-order chi connectivity index (χ0) is 27.5. The number of hydrogen-bond donors (Lipinski definition) is 0. The molecule has 0 bridgehead atoms. The van der Waals surface area contributed by atoms with Crippen LogP contribution in [0.5, 0.6) is 11.5 Å². The number of benzene rings is 3. The maximum absolute atomic E-state index is 13.6. The minimum atomic E-state index is -0.319. The molecule has 1 heterocycles. The third-order valence-electron chi connectivity index (χ3n) is 6.79. The molecule has 0 N–H and O–H groups in total. The Hall–Kier alpha value is -2.75. The third kappa shape index (κ3) is 6.05. The SMILES string of the molecule is COc1cc(C=Nn2c(C3CCCCC3)nc3ccc(Br)cc3c2=O)c(Br)c(Cl)c1OCc1ccc(F)cc1. The number of aromatic nitrogens is 2. The molecule has 0 saturated heterocycles. The summed E-state index contributed by atoms with van der Waals surface area (Å²) in [5.74, 6) is 1.23. The van der Waals surface area contributed by atoms with E-state index in [-0.39, 0.29) is 23.9 Å². The lowest BCUT2D eigenvalue weighted by atomic mass is 9.88. The van der Waals surface area contributed by atoms with Crippen molar-refractivity contribution < 1.29 is 13.9 Å². The summed E-state index contributed by atoms with van der Waals surface area (Å²) in [4.78, 5) is 18.5. The van der Waals surface area contributed by atoms with Crippen molar-refractivity contribution in [1.29, 1.82) is 0 Å². The molecule has 0 radical (unpaired) electrons. The number of hydrogen-bond acceptors (Lipinski definition) is 5. The maximum atomic E-state index is 13.6. The van der Waals surface area contributed by atoms with E-state index in [9.17, 15) is 9.18 Å². The van der Waals surface area contributed by atoms with Crippen LogP contribution in [0.2, 0.25) is 5.02 Å². The Balaban J connectivity index is 1.53. The minimum absolute atomic E-state index is 0.153. The summed E-state index contributed by atoms with van der Waals surface area (Å²) >= 11 is 13.7. The normalized spacial score (nSPS) is 14.3. The zero-order valence-electron chi connectivity index (χ0n) is 21.1. The van der Waals surface area contributed by atoms with Crippen molar-refractivity contribution in [3.63, 3.8) is 0 Å². The van der Waals surface area contributed by atoms with Gasteiger partial charge in [0.05, 0.1) is 24.2 Å². The van der Waals surface area contributed by atoms with Gasteiger partial charge in [0.15, 0.2) is 11.5 Å². The van der Waals surface area contributed by atoms with Crippen LogP contribution < -0.4 is 15.0 Å². The van der Waals surface area contributed by atoms with Gasteiger partial charge in [-0.15, -0.1) is 0 Å². The molecular weight excluding hydrogens is 653 g/mol. The Morgan fingerprint density at radius 3 is 2.59 bits per heavy atom. The molecule has 1 fully saturated rings. The van der Waals surface area contributed by atoms with Crippen molar-refractivity contribution in [2.24, 2.45) is 5.10 Å². The quantitative estimate of drug-likeness (QED) is 0.185. The Labute approximate surface area is 247 Å². The second-order valence-electron chi connectivity index (χ2n) is 9.37. The van der Waals surface area contributed by atoms with Crippen LogP contribution in [0.4, 0.5) is 4.39 Å². The van der Waals surface area contributed by atoms with Gasteiger partial charge in [-0.05, 0) is 70.7 Å². The molecule has 0 aliphatic heterocycles. The summed E-state index contributed by atoms with van der Waals surface area (Å²) in [5.41, 5.74) is 1.80. The van der Waals surface area contributed by atoms with Gasteiger partial charge >= 0.3 is 0 Å². The fourth-order valence-corrected chi connectivity index (χ4v) is 5.76. The second kappa shape index (κ2) is 12.2. The monoisotopic (exact) mass is 675 g/mol. The van der Waals surface area contributed by atoms with Crippen LogP contribution in [0.3, 0.4) is 0 Å². The van der Waals surface area contributed by atoms with E-state index in [0.717, 1.165) is 35.7 Å². The number of nitrogens with zero attached hydrogens (tertiary/aromatic N) is 3. The molecule has 1 aliphatic carbocycles. The lowest BCUT2D eigenvalue weighted by Crippen LogP contribution is -2.25. The molecule has 1 aromatic heterocycles. The van der Waals surface area contributed by atoms with Gasteiger partial charge in [0.2, 0.25) is 0 Å². The van der Waals surface area contributed by atoms with E-state index in [0.29, 0.717) is 43.3 Å². The van der Waals surface area contributed by atoms with Crippen LogP contribution in [0.25, 0.3) is 10.9 Å².